The molecule has 0 spiro atoms. The number of aromatic nitrogens is 1. The van der Waals surface area contributed by atoms with Gasteiger partial charge in [-0.1, -0.05) is 87.5 Å². The molecular weight excluding hydrogens is 446 g/mol. The van der Waals surface area contributed by atoms with E-state index >= 15 is 0 Å². The van der Waals surface area contributed by atoms with Gasteiger partial charge in [0.05, 0.1) is 11.5 Å². The Labute approximate surface area is 217 Å². The number of hydrogen-bond donors (Lipinski definition) is 0. The van der Waals surface area contributed by atoms with Crippen LogP contribution < -0.4 is 4.57 Å². The topological polar surface area (TPSA) is 3.88 Å². The highest BCUT2D eigenvalue weighted by atomic mass is 15.0. The molecule has 0 N–H and O–H groups in total. The average molecular weight is 475 g/mol. The van der Waals surface area contributed by atoms with E-state index in [9.17, 15) is 0 Å². The standard InChI is InChI=1S/C36H28N/c1-36(2,3)25-16-17-37-28(19-25)27-15-14-22-11-10-20-8-9-21-12-13-24-18-23-6-4-5-7-26(23)33-32(24)30(21)29(20)31(22)34(27)35(33)37/h4-17,19,33,35H,18H2,1-3H3/q+1. The quantitative estimate of drug-likeness (QED) is 0.154. The molecule has 2 unspecified atom stereocenters. The van der Waals surface area contributed by atoms with Crippen LogP contribution in [0.15, 0.2) is 91.1 Å². The zero-order valence-corrected chi connectivity index (χ0v) is 21.5. The highest BCUT2D eigenvalue weighted by Gasteiger charge is 2.49. The summed E-state index contributed by atoms with van der Waals surface area (Å²) < 4.78 is 2.61. The van der Waals surface area contributed by atoms with Crippen molar-refractivity contribution >= 4 is 32.3 Å². The summed E-state index contributed by atoms with van der Waals surface area (Å²) >= 11 is 0. The molecule has 2 heterocycles. The highest BCUT2D eigenvalue weighted by Crippen LogP contribution is 2.56. The Morgan fingerprint density at radius 1 is 0.676 bits per heavy atom. The van der Waals surface area contributed by atoms with Crippen molar-refractivity contribution in [1.29, 1.82) is 0 Å². The van der Waals surface area contributed by atoms with E-state index in [0.717, 1.165) is 6.42 Å². The molecule has 2 atom stereocenters. The number of pyridine rings is 1. The third kappa shape index (κ3) is 2.39. The van der Waals surface area contributed by atoms with Gasteiger partial charge in [0.15, 0.2) is 12.2 Å². The lowest BCUT2D eigenvalue weighted by atomic mass is 9.72. The second-order valence-electron chi connectivity index (χ2n) is 12.3. The van der Waals surface area contributed by atoms with E-state index in [0.29, 0.717) is 0 Å². The van der Waals surface area contributed by atoms with Crippen LogP contribution >= 0.6 is 0 Å². The SMILES string of the molecule is CC(C)(C)c1cc[n+]2c(c1)-c1ccc3ccc4ccc5ccc6c7c5c4c3c1C2C7c1ccccc1C6. The van der Waals surface area contributed by atoms with E-state index in [1.54, 1.807) is 5.56 Å². The Kier molecular flexibility index (Phi) is 3.52. The van der Waals surface area contributed by atoms with E-state index in [1.807, 2.05) is 0 Å². The van der Waals surface area contributed by atoms with Crippen LogP contribution in [0.5, 0.6) is 0 Å². The predicted molar refractivity (Wildman–Crippen MR) is 153 cm³/mol. The van der Waals surface area contributed by atoms with Gasteiger partial charge in [-0.25, -0.2) is 0 Å². The first-order chi connectivity index (χ1) is 18.0. The normalized spacial score (nSPS) is 18.6. The van der Waals surface area contributed by atoms with Gasteiger partial charge in [0, 0.05) is 23.1 Å². The lowest BCUT2D eigenvalue weighted by molar-refractivity contribution is -0.699. The zero-order chi connectivity index (χ0) is 24.6. The van der Waals surface area contributed by atoms with Crippen LogP contribution in [-0.2, 0) is 11.8 Å². The van der Waals surface area contributed by atoms with Crippen LogP contribution in [0.2, 0.25) is 0 Å². The molecule has 0 radical (unpaired) electrons. The summed E-state index contributed by atoms with van der Waals surface area (Å²) in [4.78, 5) is 0. The fraction of sp³-hybridized carbons (Fsp3) is 0.194. The second kappa shape index (κ2) is 6.47. The summed E-state index contributed by atoms with van der Waals surface area (Å²) in [6.07, 6.45) is 3.40. The van der Waals surface area contributed by atoms with Crippen LogP contribution in [0.4, 0.5) is 0 Å². The van der Waals surface area contributed by atoms with Gasteiger partial charge in [-0.05, 0) is 72.7 Å². The monoisotopic (exact) mass is 474 g/mol. The summed E-state index contributed by atoms with van der Waals surface area (Å²) in [7, 11) is 0. The molecule has 9 rings (SSSR count). The summed E-state index contributed by atoms with van der Waals surface area (Å²) in [5.74, 6) is 0.290. The fourth-order valence-electron chi connectivity index (χ4n) is 7.78. The van der Waals surface area contributed by atoms with Crippen molar-refractivity contribution < 1.29 is 4.57 Å². The molecule has 1 aliphatic heterocycles. The smallest absolute Gasteiger partial charge is 0.190 e. The molecule has 0 bridgehead atoms. The highest BCUT2D eigenvalue weighted by molar-refractivity contribution is 6.24. The van der Waals surface area contributed by atoms with Crippen LogP contribution in [-0.4, -0.2) is 0 Å². The summed E-state index contributed by atoms with van der Waals surface area (Å²) in [6.45, 7) is 6.96. The van der Waals surface area contributed by atoms with Crippen LogP contribution in [0, 0.1) is 0 Å². The lowest BCUT2D eigenvalue weighted by Gasteiger charge is -2.31. The van der Waals surface area contributed by atoms with E-state index in [-0.39, 0.29) is 17.4 Å². The first kappa shape index (κ1) is 20.1. The Bertz CT molecular complexity index is 2000. The lowest BCUT2D eigenvalue weighted by Crippen LogP contribution is -2.42. The van der Waals surface area contributed by atoms with Crippen molar-refractivity contribution in [3.05, 3.63) is 125 Å². The van der Waals surface area contributed by atoms with Gasteiger partial charge in [0.25, 0.3) is 0 Å². The van der Waals surface area contributed by atoms with E-state index < -0.39 is 0 Å². The first-order valence-electron chi connectivity index (χ1n) is 13.6. The van der Waals surface area contributed by atoms with Crippen LogP contribution in [0.1, 0.15) is 66.1 Å². The average Bonchev–Trinajstić information content (AvgIpc) is 3.15. The molecule has 37 heavy (non-hydrogen) atoms. The number of nitrogens with zero attached hydrogens (tertiary/aromatic N) is 1. The van der Waals surface area contributed by atoms with Gasteiger partial charge >= 0.3 is 0 Å². The maximum Gasteiger partial charge on any atom is 0.213 e. The molecule has 0 saturated heterocycles. The molecule has 6 aromatic rings. The first-order valence-corrected chi connectivity index (χ1v) is 13.6. The van der Waals surface area contributed by atoms with Crippen LogP contribution in [0.3, 0.4) is 0 Å². The summed E-state index contributed by atoms with van der Waals surface area (Å²) in [5, 5.41) is 8.49. The number of benzene rings is 5. The van der Waals surface area contributed by atoms with Crippen molar-refractivity contribution in [2.75, 3.05) is 0 Å². The maximum atomic E-state index is 2.61. The van der Waals surface area contributed by atoms with E-state index in [4.69, 9.17) is 0 Å². The number of hydrogen-bond acceptors (Lipinski definition) is 0. The molecule has 0 amide bonds. The van der Waals surface area contributed by atoms with Gasteiger partial charge < -0.3 is 0 Å². The van der Waals surface area contributed by atoms with Crippen molar-refractivity contribution in [1.82, 2.24) is 0 Å². The molecule has 1 aromatic heterocycles. The van der Waals surface area contributed by atoms with Crippen LogP contribution in [0.25, 0.3) is 43.6 Å². The third-order valence-corrected chi connectivity index (χ3v) is 9.44. The van der Waals surface area contributed by atoms with Gasteiger partial charge in [-0.15, -0.1) is 0 Å². The van der Waals surface area contributed by atoms with Crippen molar-refractivity contribution in [3.8, 4) is 11.3 Å². The minimum Gasteiger partial charge on any atom is -0.190 e. The molecule has 0 saturated carbocycles. The molecular formula is C36H28N+. The van der Waals surface area contributed by atoms with Gasteiger partial charge in [0.2, 0.25) is 5.69 Å². The third-order valence-electron chi connectivity index (χ3n) is 9.44. The molecule has 0 fully saturated rings. The minimum atomic E-state index is 0.109. The van der Waals surface area contributed by atoms with Crippen molar-refractivity contribution in [2.24, 2.45) is 0 Å². The Hall–Kier alpha value is -3.97. The number of rotatable bonds is 0. The van der Waals surface area contributed by atoms with Crippen molar-refractivity contribution in [3.63, 3.8) is 0 Å². The molecule has 2 aliphatic carbocycles. The van der Waals surface area contributed by atoms with Gasteiger partial charge in [0.1, 0.15) is 0 Å². The summed E-state index contributed by atoms with van der Waals surface area (Å²) in [6, 6.07) is 33.2. The Morgan fingerprint density at radius 2 is 1.35 bits per heavy atom. The summed E-state index contributed by atoms with van der Waals surface area (Å²) in [5.41, 5.74) is 11.8. The Balaban J connectivity index is 1.54. The predicted octanol–water partition coefficient (Wildman–Crippen LogP) is 8.35. The largest absolute Gasteiger partial charge is 0.213 e. The van der Waals surface area contributed by atoms with E-state index in [1.165, 1.54) is 71.4 Å². The molecule has 5 aromatic carbocycles. The van der Waals surface area contributed by atoms with Gasteiger partial charge in [-0.2, -0.15) is 4.57 Å². The van der Waals surface area contributed by atoms with E-state index in [2.05, 4.69) is 116 Å². The maximum absolute atomic E-state index is 2.61. The number of fused-ring (bicyclic) bond motifs is 6. The van der Waals surface area contributed by atoms with Crippen molar-refractivity contribution in [2.45, 2.75) is 44.6 Å². The Morgan fingerprint density at radius 3 is 2.14 bits per heavy atom. The van der Waals surface area contributed by atoms with Gasteiger partial charge in [-0.3, -0.25) is 0 Å². The molecule has 1 nitrogen and oxygen atoms in total. The molecule has 176 valence electrons. The zero-order valence-electron chi connectivity index (χ0n) is 21.5. The fourth-order valence-corrected chi connectivity index (χ4v) is 7.78. The minimum absolute atomic E-state index is 0.109. The molecule has 3 aliphatic rings. The second-order valence-corrected chi connectivity index (χ2v) is 12.3. The molecule has 1 heteroatoms.